The predicted molar refractivity (Wildman–Crippen MR) is 63.3 cm³/mol. The van der Waals surface area contributed by atoms with Crippen LogP contribution in [-0.4, -0.2) is 64.3 Å². The summed E-state index contributed by atoms with van der Waals surface area (Å²) in [7, 11) is 0. The molecule has 1 aliphatic heterocycles. The van der Waals surface area contributed by atoms with E-state index in [-0.39, 0.29) is 31.4 Å². The number of amides is 2. The van der Waals surface area contributed by atoms with Crippen molar-refractivity contribution < 1.29 is 14.7 Å². The van der Waals surface area contributed by atoms with Crippen molar-refractivity contribution in [2.45, 2.75) is 19.4 Å². The zero-order chi connectivity index (χ0) is 12.1. The van der Waals surface area contributed by atoms with Crippen LogP contribution >= 0.6 is 15.9 Å². The van der Waals surface area contributed by atoms with Crippen molar-refractivity contribution in [1.29, 1.82) is 0 Å². The molecule has 1 rings (SSSR count). The van der Waals surface area contributed by atoms with Gasteiger partial charge in [-0.1, -0.05) is 22.9 Å². The Labute approximate surface area is 104 Å². The third kappa shape index (κ3) is 3.45. The van der Waals surface area contributed by atoms with Gasteiger partial charge in [-0.25, -0.2) is 0 Å². The highest BCUT2D eigenvalue weighted by Gasteiger charge is 2.29. The maximum Gasteiger partial charge on any atom is 0.242 e. The second-order valence-corrected chi connectivity index (χ2v) is 4.55. The standard InChI is InChI=1S/C10H17BrN2O3/c1-2-3-12-6-10(16)13(7-9(12)15)5-8(14)4-11/h8,14H,2-7H2,1H3. The minimum absolute atomic E-state index is 0.0387. The average Bonchev–Trinajstić information content (AvgIpc) is 2.25. The highest BCUT2D eigenvalue weighted by molar-refractivity contribution is 9.09. The molecular formula is C10H17BrN2O3. The molecule has 6 heteroatoms. The number of rotatable bonds is 5. The lowest BCUT2D eigenvalue weighted by Gasteiger charge is -2.34. The molecule has 0 aliphatic carbocycles. The van der Waals surface area contributed by atoms with E-state index in [0.717, 1.165) is 6.42 Å². The van der Waals surface area contributed by atoms with Crippen LogP contribution in [0.25, 0.3) is 0 Å². The number of β-amino-alcohol motifs (C(OH)–C–C–N with tert-alkyl or cyclic N) is 1. The number of halogens is 1. The van der Waals surface area contributed by atoms with Crippen LogP contribution in [0.15, 0.2) is 0 Å². The van der Waals surface area contributed by atoms with Gasteiger partial charge in [-0.05, 0) is 6.42 Å². The lowest BCUT2D eigenvalue weighted by atomic mass is 10.2. The van der Waals surface area contributed by atoms with Crippen LogP contribution in [0.1, 0.15) is 13.3 Å². The molecule has 2 amide bonds. The Morgan fingerprint density at radius 3 is 2.44 bits per heavy atom. The molecule has 1 fully saturated rings. The number of piperazine rings is 1. The second-order valence-electron chi connectivity index (χ2n) is 3.90. The minimum atomic E-state index is -0.616. The lowest BCUT2D eigenvalue weighted by Crippen LogP contribution is -2.55. The molecule has 0 saturated carbocycles. The largest absolute Gasteiger partial charge is 0.390 e. The Bertz CT molecular complexity index is 273. The number of carbonyl (C=O) groups is 2. The van der Waals surface area contributed by atoms with Gasteiger partial charge in [0.25, 0.3) is 0 Å². The van der Waals surface area contributed by atoms with Gasteiger partial charge in [0.05, 0.1) is 19.2 Å². The molecule has 0 radical (unpaired) electrons. The van der Waals surface area contributed by atoms with E-state index < -0.39 is 6.10 Å². The van der Waals surface area contributed by atoms with Gasteiger partial charge in [-0.3, -0.25) is 9.59 Å². The molecule has 92 valence electrons. The van der Waals surface area contributed by atoms with Crippen molar-refractivity contribution in [2.24, 2.45) is 0 Å². The molecule has 1 aliphatic rings. The monoisotopic (exact) mass is 292 g/mol. The van der Waals surface area contributed by atoms with E-state index in [0.29, 0.717) is 11.9 Å². The van der Waals surface area contributed by atoms with E-state index in [1.54, 1.807) is 4.90 Å². The molecule has 1 heterocycles. The van der Waals surface area contributed by atoms with Crippen molar-refractivity contribution in [1.82, 2.24) is 9.80 Å². The Balaban J connectivity index is 2.53. The van der Waals surface area contributed by atoms with Gasteiger partial charge in [-0.15, -0.1) is 0 Å². The van der Waals surface area contributed by atoms with Crippen LogP contribution in [0, 0.1) is 0 Å². The zero-order valence-electron chi connectivity index (χ0n) is 9.36. The van der Waals surface area contributed by atoms with Crippen LogP contribution < -0.4 is 0 Å². The molecule has 0 spiro atoms. The van der Waals surface area contributed by atoms with Crippen molar-refractivity contribution in [3.8, 4) is 0 Å². The van der Waals surface area contributed by atoms with Gasteiger partial charge in [0.1, 0.15) is 0 Å². The fraction of sp³-hybridized carbons (Fsp3) is 0.800. The highest BCUT2D eigenvalue weighted by atomic mass is 79.9. The van der Waals surface area contributed by atoms with Gasteiger partial charge in [0.15, 0.2) is 0 Å². The normalized spacial score (nSPS) is 19.2. The zero-order valence-corrected chi connectivity index (χ0v) is 10.9. The Hall–Kier alpha value is -0.620. The second kappa shape index (κ2) is 6.20. The molecule has 0 bridgehead atoms. The smallest absolute Gasteiger partial charge is 0.242 e. The summed E-state index contributed by atoms with van der Waals surface area (Å²) in [5.41, 5.74) is 0. The molecule has 1 atom stereocenters. The molecular weight excluding hydrogens is 276 g/mol. The van der Waals surface area contributed by atoms with E-state index in [2.05, 4.69) is 15.9 Å². The van der Waals surface area contributed by atoms with Crippen LogP contribution in [0.2, 0.25) is 0 Å². The summed E-state index contributed by atoms with van der Waals surface area (Å²) in [6.07, 6.45) is 0.234. The fourth-order valence-electron chi connectivity index (χ4n) is 1.65. The molecule has 0 aromatic heterocycles. The van der Waals surface area contributed by atoms with Crippen molar-refractivity contribution >= 4 is 27.7 Å². The molecule has 16 heavy (non-hydrogen) atoms. The van der Waals surface area contributed by atoms with Gasteiger partial charge >= 0.3 is 0 Å². The lowest BCUT2D eigenvalue weighted by molar-refractivity contribution is -0.151. The SMILES string of the molecule is CCCN1CC(=O)N(CC(O)CBr)CC1=O. The molecule has 0 aromatic rings. The predicted octanol–water partition coefficient (Wildman–Crippen LogP) is -0.177. The molecule has 1 saturated heterocycles. The Kier molecular flexibility index (Phi) is 5.21. The Morgan fingerprint density at radius 1 is 1.31 bits per heavy atom. The summed E-state index contributed by atoms with van der Waals surface area (Å²) < 4.78 is 0. The van der Waals surface area contributed by atoms with E-state index in [9.17, 15) is 14.7 Å². The number of hydrogen-bond acceptors (Lipinski definition) is 3. The maximum atomic E-state index is 11.7. The van der Waals surface area contributed by atoms with Crippen molar-refractivity contribution in [3.63, 3.8) is 0 Å². The van der Waals surface area contributed by atoms with Crippen molar-refractivity contribution in [2.75, 3.05) is 31.5 Å². The van der Waals surface area contributed by atoms with E-state index >= 15 is 0 Å². The van der Waals surface area contributed by atoms with E-state index in [4.69, 9.17) is 0 Å². The number of alkyl halides is 1. The van der Waals surface area contributed by atoms with E-state index in [1.807, 2.05) is 6.92 Å². The highest BCUT2D eigenvalue weighted by Crippen LogP contribution is 2.07. The summed E-state index contributed by atoms with van der Waals surface area (Å²) in [5, 5.41) is 9.82. The van der Waals surface area contributed by atoms with Gasteiger partial charge in [0.2, 0.25) is 11.8 Å². The quantitative estimate of drug-likeness (QED) is 0.716. The maximum absolute atomic E-state index is 11.7. The van der Waals surface area contributed by atoms with Gasteiger partial charge < -0.3 is 14.9 Å². The first-order valence-electron chi connectivity index (χ1n) is 5.38. The summed E-state index contributed by atoms with van der Waals surface area (Å²) in [6, 6.07) is 0. The fourth-order valence-corrected chi connectivity index (χ4v) is 1.85. The third-order valence-electron chi connectivity index (χ3n) is 2.46. The number of aliphatic hydroxyl groups is 1. The van der Waals surface area contributed by atoms with Crippen LogP contribution in [0.4, 0.5) is 0 Å². The number of carbonyl (C=O) groups excluding carboxylic acids is 2. The number of hydrogen-bond donors (Lipinski definition) is 1. The van der Waals surface area contributed by atoms with Crippen LogP contribution in [0.3, 0.4) is 0 Å². The molecule has 5 nitrogen and oxygen atoms in total. The molecule has 0 aromatic carbocycles. The number of aliphatic hydroxyl groups excluding tert-OH is 1. The first-order chi connectivity index (χ1) is 7.58. The van der Waals surface area contributed by atoms with E-state index in [1.165, 1.54) is 4.90 Å². The summed E-state index contributed by atoms with van der Waals surface area (Å²) in [4.78, 5) is 26.3. The van der Waals surface area contributed by atoms with Crippen LogP contribution in [0.5, 0.6) is 0 Å². The molecule has 1 N–H and O–H groups in total. The first-order valence-corrected chi connectivity index (χ1v) is 6.50. The average molecular weight is 293 g/mol. The summed E-state index contributed by atoms with van der Waals surface area (Å²) >= 11 is 3.13. The first kappa shape index (κ1) is 13.4. The van der Waals surface area contributed by atoms with Gasteiger partial charge in [0, 0.05) is 18.4 Å². The summed E-state index contributed by atoms with van der Waals surface area (Å²) in [6.45, 7) is 3.04. The molecule has 1 unspecified atom stereocenters. The topological polar surface area (TPSA) is 60.9 Å². The number of nitrogens with zero attached hydrogens (tertiary/aromatic N) is 2. The summed E-state index contributed by atoms with van der Waals surface area (Å²) in [5.74, 6) is -0.128. The third-order valence-corrected chi connectivity index (χ3v) is 3.21. The van der Waals surface area contributed by atoms with Crippen LogP contribution in [-0.2, 0) is 9.59 Å². The van der Waals surface area contributed by atoms with Gasteiger partial charge in [-0.2, -0.15) is 0 Å². The minimum Gasteiger partial charge on any atom is -0.390 e. The Morgan fingerprint density at radius 2 is 1.88 bits per heavy atom. The van der Waals surface area contributed by atoms with Crippen molar-refractivity contribution in [3.05, 3.63) is 0 Å².